The molecule has 0 saturated carbocycles. The third-order valence-corrected chi connectivity index (χ3v) is 5.53. The summed E-state index contributed by atoms with van der Waals surface area (Å²) < 4.78 is 0. The molecule has 0 unspecified atom stereocenters. The van der Waals surface area contributed by atoms with Gasteiger partial charge in [0.25, 0.3) is 0 Å². The van der Waals surface area contributed by atoms with E-state index in [1.54, 1.807) is 18.4 Å². The maximum absolute atomic E-state index is 4.70. The van der Waals surface area contributed by atoms with Crippen LogP contribution in [0.1, 0.15) is 48.2 Å². The highest BCUT2D eigenvalue weighted by atomic mass is 32.1. The van der Waals surface area contributed by atoms with E-state index in [9.17, 15) is 0 Å². The molecular weight excluding hydrogens is 324 g/mol. The number of aromatic nitrogens is 1. The predicted octanol–water partition coefficient (Wildman–Crippen LogP) is 3.93. The van der Waals surface area contributed by atoms with E-state index in [4.69, 9.17) is 4.98 Å². The summed E-state index contributed by atoms with van der Waals surface area (Å²) in [7, 11) is 1.80. The lowest BCUT2D eigenvalue weighted by Gasteiger charge is -2.14. The van der Waals surface area contributed by atoms with E-state index in [1.165, 1.54) is 9.75 Å². The first-order chi connectivity index (χ1) is 10.9. The SMILES string of the molecule is CCc1ccc(CNC(=NC)NCc2nc(C(C)(C)C)cs2)s1. The van der Waals surface area contributed by atoms with Crippen LogP contribution in [0.3, 0.4) is 0 Å². The van der Waals surface area contributed by atoms with Gasteiger partial charge in [-0.25, -0.2) is 4.98 Å². The Balaban J connectivity index is 1.84. The summed E-state index contributed by atoms with van der Waals surface area (Å²) in [6, 6.07) is 4.38. The van der Waals surface area contributed by atoms with Crippen LogP contribution in [0, 0.1) is 0 Å². The van der Waals surface area contributed by atoms with Crippen LogP contribution in [-0.4, -0.2) is 18.0 Å². The Kier molecular flexibility index (Phi) is 6.18. The summed E-state index contributed by atoms with van der Waals surface area (Å²) in [6.45, 7) is 10.2. The Morgan fingerprint density at radius 1 is 1.17 bits per heavy atom. The standard InChI is InChI=1S/C17H26N4S2/c1-6-12-7-8-13(23-12)9-19-16(18-5)20-10-15-21-14(11-22-15)17(2,3)4/h7-8,11H,6,9-10H2,1-5H3,(H2,18,19,20). The smallest absolute Gasteiger partial charge is 0.191 e. The van der Waals surface area contributed by atoms with Gasteiger partial charge < -0.3 is 10.6 Å². The van der Waals surface area contributed by atoms with Gasteiger partial charge in [0.05, 0.1) is 18.8 Å². The minimum Gasteiger partial charge on any atom is -0.352 e. The molecule has 0 fully saturated rings. The van der Waals surface area contributed by atoms with Crippen molar-refractivity contribution in [1.29, 1.82) is 0 Å². The fraction of sp³-hybridized carbons (Fsp3) is 0.529. The van der Waals surface area contributed by atoms with Crippen LogP contribution < -0.4 is 10.6 Å². The van der Waals surface area contributed by atoms with Gasteiger partial charge >= 0.3 is 0 Å². The molecule has 0 amide bonds. The number of thiophene rings is 1. The van der Waals surface area contributed by atoms with Crippen molar-refractivity contribution in [3.63, 3.8) is 0 Å². The van der Waals surface area contributed by atoms with Crippen molar-refractivity contribution in [3.8, 4) is 0 Å². The lowest BCUT2D eigenvalue weighted by atomic mass is 9.93. The Morgan fingerprint density at radius 3 is 2.43 bits per heavy atom. The Hall–Kier alpha value is -1.40. The van der Waals surface area contributed by atoms with E-state index in [0.717, 1.165) is 29.6 Å². The number of guanidine groups is 1. The second-order valence-corrected chi connectivity index (χ2v) is 8.57. The van der Waals surface area contributed by atoms with Gasteiger partial charge in [-0.3, -0.25) is 4.99 Å². The van der Waals surface area contributed by atoms with Crippen LogP contribution >= 0.6 is 22.7 Å². The molecule has 0 aromatic carbocycles. The molecule has 2 heterocycles. The van der Waals surface area contributed by atoms with Gasteiger partial charge in [-0.1, -0.05) is 27.7 Å². The largest absolute Gasteiger partial charge is 0.352 e. The number of aliphatic imine (C=N–C) groups is 1. The topological polar surface area (TPSA) is 49.3 Å². The molecule has 0 bridgehead atoms. The van der Waals surface area contributed by atoms with Gasteiger partial charge in [0, 0.05) is 27.6 Å². The molecule has 0 aliphatic rings. The lowest BCUT2D eigenvalue weighted by Crippen LogP contribution is -2.36. The molecule has 2 rings (SSSR count). The minimum atomic E-state index is 0.102. The first-order valence-electron chi connectivity index (χ1n) is 7.89. The summed E-state index contributed by atoms with van der Waals surface area (Å²) in [5.41, 5.74) is 1.25. The zero-order chi connectivity index (χ0) is 16.9. The molecule has 0 aliphatic heterocycles. The van der Waals surface area contributed by atoms with E-state index in [-0.39, 0.29) is 5.41 Å². The molecule has 0 spiro atoms. The highest BCUT2D eigenvalue weighted by Gasteiger charge is 2.17. The average Bonchev–Trinajstić information content (AvgIpc) is 3.15. The number of thiazole rings is 1. The van der Waals surface area contributed by atoms with E-state index in [1.807, 2.05) is 11.3 Å². The number of nitrogens with zero attached hydrogens (tertiary/aromatic N) is 2. The fourth-order valence-corrected chi connectivity index (χ4v) is 3.85. The molecule has 126 valence electrons. The summed E-state index contributed by atoms with van der Waals surface area (Å²) in [5.74, 6) is 0.809. The number of nitrogens with one attached hydrogen (secondary N) is 2. The van der Waals surface area contributed by atoms with E-state index < -0.39 is 0 Å². The summed E-state index contributed by atoms with van der Waals surface area (Å²) in [5, 5.41) is 9.92. The van der Waals surface area contributed by atoms with Crippen LogP contribution in [0.25, 0.3) is 0 Å². The molecule has 0 atom stereocenters. The summed E-state index contributed by atoms with van der Waals surface area (Å²) >= 11 is 3.55. The van der Waals surface area contributed by atoms with Gasteiger partial charge in [-0.15, -0.1) is 22.7 Å². The zero-order valence-corrected chi connectivity index (χ0v) is 16.2. The van der Waals surface area contributed by atoms with Crippen molar-refractivity contribution < 1.29 is 0 Å². The lowest BCUT2D eigenvalue weighted by molar-refractivity contribution is 0.570. The van der Waals surface area contributed by atoms with E-state index in [0.29, 0.717) is 6.54 Å². The molecule has 23 heavy (non-hydrogen) atoms. The number of hydrogen-bond donors (Lipinski definition) is 2. The first kappa shape index (κ1) is 17.9. The molecular formula is C17H26N4S2. The van der Waals surface area contributed by atoms with Crippen LogP contribution in [0.5, 0.6) is 0 Å². The van der Waals surface area contributed by atoms with Crippen LogP contribution in [0.4, 0.5) is 0 Å². The minimum absolute atomic E-state index is 0.102. The highest BCUT2D eigenvalue weighted by molar-refractivity contribution is 7.12. The quantitative estimate of drug-likeness (QED) is 0.634. The van der Waals surface area contributed by atoms with Crippen molar-refractivity contribution in [1.82, 2.24) is 15.6 Å². The van der Waals surface area contributed by atoms with Gasteiger partial charge in [0.2, 0.25) is 0 Å². The van der Waals surface area contributed by atoms with Crippen molar-refractivity contribution in [2.45, 2.75) is 52.6 Å². The third-order valence-electron chi connectivity index (χ3n) is 3.45. The molecule has 2 aromatic heterocycles. The first-order valence-corrected chi connectivity index (χ1v) is 9.59. The second-order valence-electron chi connectivity index (χ2n) is 6.38. The second kappa shape index (κ2) is 7.93. The van der Waals surface area contributed by atoms with Crippen molar-refractivity contribution in [2.75, 3.05) is 7.05 Å². The molecule has 2 N–H and O–H groups in total. The molecule has 0 saturated heterocycles. The van der Waals surface area contributed by atoms with Crippen molar-refractivity contribution >= 4 is 28.6 Å². The molecule has 6 heteroatoms. The zero-order valence-electron chi connectivity index (χ0n) is 14.6. The molecule has 0 radical (unpaired) electrons. The maximum atomic E-state index is 4.70. The summed E-state index contributed by atoms with van der Waals surface area (Å²) in [4.78, 5) is 11.7. The Morgan fingerprint density at radius 2 is 1.87 bits per heavy atom. The van der Waals surface area contributed by atoms with Crippen molar-refractivity contribution in [3.05, 3.63) is 38.0 Å². The third kappa shape index (κ3) is 5.32. The summed E-state index contributed by atoms with van der Waals surface area (Å²) in [6.07, 6.45) is 1.10. The number of rotatable bonds is 5. The van der Waals surface area contributed by atoms with Gasteiger partial charge in [-0.2, -0.15) is 0 Å². The normalized spacial score (nSPS) is 12.5. The average molecular weight is 351 g/mol. The van der Waals surface area contributed by atoms with E-state index >= 15 is 0 Å². The van der Waals surface area contributed by atoms with Crippen molar-refractivity contribution in [2.24, 2.45) is 4.99 Å². The van der Waals surface area contributed by atoms with Gasteiger partial charge in [0.15, 0.2) is 5.96 Å². The number of hydrogen-bond acceptors (Lipinski definition) is 4. The van der Waals surface area contributed by atoms with Gasteiger partial charge in [-0.05, 0) is 18.6 Å². The monoisotopic (exact) mass is 350 g/mol. The van der Waals surface area contributed by atoms with Gasteiger partial charge in [0.1, 0.15) is 5.01 Å². The fourth-order valence-electron chi connectivity index (χ4n) is 1.99. The highest BCUT2D eigenvalue weighted by Crippen LogP contribution is 2.23. The van der Waals surface area contributed by atoms with Crippen LogP contribution in [0.2, 0.25) is 0 Å². The predicted molar refractivity (Wildman–Crippen MR) is 102 cm³/mol. The molecule has 2 aromatic rings. The van der Waals surface area contributed by atoms with E-state index in [2.05, 4.69) is 60.8 Å². The molecule has 4 nitrogen and oxygen atoms in total. The van der Waals surface area contributed by atoms with Crippen LogP contribution in [0.15, 0.2) is 22.5 Å². The molecule has 0 aliphatic carbocycles. The number of aryl methyl sites for hydroxylation is 1. The maximum Gasteiger partial charge on any atom is 0.191 e. The Labute approximate surface area is 147 Å². The Bertz CT molecular complexity index is 650. The van der Waals surface area contributed by atoms with Crippen LogP contribution in [-0.2, 0) is 24.9 Å².